The molecule has 43 heavy (non-hydrogen) atoms. The molecule has 0 aromatic heterocycles. The van der Waals surface area contributed by atoms with Crippen molar-refractivity contribution in [3.63, 3.8) is 0 Å². The molecular weight excluding hydrogens is 740 g/mol. The van der Waals surface area contributed by atoms with Crippen molar-refractivity contribution in [3.05, 3.63) is 0 Å². The third kappa shape index (κ3) is 53.7. The minimum Gasteiger partial charge on any atom is 1.00 e. The SMILES string of the molecule is O.O.O.O.O.O.O.O.O.O=C([O-])C[C@H]([S][Sb]([S][C@@H](CC(=O)[O-])C(=O)[O-])[S][C@H](CC(=O)[O-])C(=O)[O-])C(=O)[O-].[Li+].[Li+].[Li+].[Li+].[Li+].[Li+]. The van der Waals surface area contributed by atoms with Crippen molar-refractivity contribution in [1.29, 1.82) is 0 Å². The molecule has 3 atom stereocenters. The van der Waals surface area contributed by atoms with Gasteiger partial charge in [-0.15, -0.1) is 0 Å². The Hall–Kier alpha value is 1.91. The Morgan fingerprint density at radius 2 is 0.535 bits per heavy atom. The fraction of sp³-hybridized carbons (Fsp3) is 0.500. The number of aliphatic carboxylic acids is 6. The smallest absolute Gasteiger partial charge is 1.00 e. The molecule has 0 saturated carbocycles. The minimum absolute atomic E-state index is 0. The zero-order valence-electron chi connectivity index (χ0n) is 23.9. The predicted octanol–water partition coefficient (Wildman–Crippen LogP) is -33.5. The van der Waals surface area contributed by atoms with Crippen LogP contribution in [0.15, 0.2) is 0 Å². The number of carbonyl (C=O) groups is 6. The Morgan fingerprint density at radius 1 is 0.395 bits per heavy atom. The van der Waals surface area contributed by atoms with Crippen LogP contribution in [0, 0.1) is 0 Å². The van der Waals surface area contributed by atoms with E-state index in [-0.39, 0.29) is 162 Å². The molecule has 0 bridgehead atoms. The van der Waals surface area contributed by atoms with Gasteiger partial charge in [0.25, 0.3) is 0 Å². The van der Waals surface area contributed by atoms with Gasteiger partial charge in [-0.25, -0.2) is 0 Å². The number of carbonyl (C=O) groups excluding carboxylic acids is 6. The van der Waals surface area contributed by atoms with Gasteiger partial charge in [-0.2, -0.15) is 0 Å². The summed E-state index contributed by atoms with van der Waals surface area (Å²) in [4.78, 5) is 65.2. The second kappa shape index (κ2) is 56.3. The zero-order valence-corrected chi connectivity index (χ0v) is 28.9. The van der Waals surface area contributed by atoms with Crippen LogP contribution in [-0.2, 0) is 28.8 Å². The van der Waals surface area contributed by atoms with Gasteiger partial charge in [0, 0.05) is 0 Å². The average molecular weight is 767 g/mol. The summed E-state index contributed by atoms with van der Waals surface area (Å²) < 4.78 is 0. The molecule has 0 saturated heterocycles. The summed E-state index contributed by atoms with van der Waals surface area (Å²) in [7, 11) is 1.17. The molecule has 0 heterocycles. The molecule has 0 unspecified atom stereocenters. The van der Waals surface area contributed by atoms with Gasteiger partial charge in [-0.05, 0) is 0 Å². The largest absolute Gasteiger partial charge is 1.00 e. The van der Waals surface area contributed by atoms with Gasteiger partial charge in [0.2, 0.25) is 0 Å². The van der Waals surface area contributed by atoms with Gasteiger partial charge >= 0.3 is 286 Å². The Morgan fingerprint density at radius 3 is 0.628 bits per heavy atom. The number of carboxylic acids is 6. The normalized spacial score (nSPS) is 9.14. The second-order valence-corrected chi connectivity index (χ2v) is 25.7. The third-order valence-electron chi connectivity index (χ3n) is 2.48. The van der Waals surface area contributed by atoms with Gasteiger partial charge in [-0.1, -0.05) is 0 Å². The molecule has 0 aromatic carbocycles. The number of carboxylic acid groups (broad SMARTS) is 6. The summed E-state index contributed by atoms with van der Waals surface area (Å²) in [5.74, 6) is -10.9. The van der Waals surface area contributed by atoms with Gasteiger partial charge in [0.05, 0.1) is 0 Å². The first-order valence-corrected chi connectivity index (χ1v) is 18.7. The zero-order chi connectivity index (χ0) is 22.0. The van der Waals surface area contributed by atoms with Crippen molar-refractivity contribution in [2.45, 2.75) is 35.0 Å². The molecule has 18 N–H and O–H groups in total. The Labute approximate surface area is 331 Å². The molecule has 0 amide bonds. The number of hydrogen-bond donors (Lipinski definition) is 0. The van der Waals surface area contributed by atoms with Crippen molar-refractivity contribution in [2.75, 3.05) is 0 Å². The quantitative estimate of drug-likeness (QED) is 0.140. The van der Waals surface area contributed by atoms with Gasteiger partial charge in [0.1, 0.15) is 0 Å². The van der Waals surface area contributed by atoms with E-state index in [2.05, 4.69) is 0 Å². The van der Waals surface area contributed by atoms with Crippen LogP contribution in [0.1, 0.15) is 19.3 Å². The van der Waals surface area contributed by atoms with E-state index >= 15 is 0 Å². The van der Waals surface area contributed by atoms with Crippen molar-refractivity contribution in [1.82, 2.24) is 0 Å². The molecule has 31 heteroatoms. The first-order chi connectivity index (χ1) is 12.8. The molecule has 0 aliphatic heterocycles. The summed E-state index contributed by atoms with van der Waals surface area (Å²) in [6, 6.07) is 0. The van der Waals surface area contributed by atoms with Crippen LogP contribution >= 0.6 is 26.5 Å². The van der Waals surface area contributed by atoms with Gasteiger partial charge in [0.15, 0.2) is 0 Å². The molecule has 230 valence electrons. The van der Waals surface area contributed by atoms with E-state index in [9.17, 15) is 59.4 Å². The van der Waals surface area contributed by atoms with E-state index in [1.54, 1.807) is 0 Å². The predicted molar refractivity (Wildman–Crippen MR) is 116 cm³/mol. The van der Waals surface area contributed by atoms with E-state index in [1.165, 1.54) is 0 Å². The third-order valence-corrected chi connectivity index (χ3v) is 26.2. The summed E-state index contributed by atoms with van der Waals surface area (Å²) in [6.07, 6.45) is -3.16. The van der Waals surface area contributed by atoms with E-state index in [0.717, 1.165) is 0 Å². The van der Waals surface area contributed by atoms with Crippen LogP contribution in [0.2, 0.25) is 0 Å². The molecule has 0 fully saturated rings. The first-order valence-electron chi connectivity index (χ1n) is 6.86. The van der Waals surface area contributed by atoms with Crippen LogP contribution in [0.25, 0.3) is 0 Å². The van der Waals surface area contributed by atoms with Crippen LogP contribution in [0.4, 0.5) is 0 Å². The summed E-state index contributed by atoms with van der Waals surface area (Å²) in [6.45, 7) is 0. The summed E-state index contributed by atoms with van der Waals surface area (Å²) in [5.41, 5.74) is 0. The maximum Gasteiger partial charge on any atom is 1.00 e. The molecular formula is C12H27Li6O21S3Sb. The topological polar surface area (TPSA) is 524 Å². The second-order valence-electron chi connectivity index (χ2n) is 4.69. The van der Waals surface area contributed by atoms with Gasteiger partial charge in [-0.3, -0.25) is 0 Å². The van der Waals surface area contributed by atoms with Crippen LogP contribution in [-0.4, -0.2) is 117 Å². The Kier molecular flexibility index (Phi) is 136. The molecule has 0 rings (SSSR count). The first kappa shape index (κ1) is 104. The molecule has 0 aliphatic carbocycles. The molecule has 21 nitrogen and oxygen atoms in total. The van der Waals surface area contributed by atoms with Crippen LogP contribution in [0.3, 0.4) is 0 Å². The number of hydrogen-bond acceptors (Lipinski definition) is 15. The molecule has 0 radical (unpaired) electrons. The Bertz CT molecular complexity index is 590. The summed E-state index contributed by atoms with van der Waals surface area (Å²) >= 11 is -3.67. The number of rotatable bonds is 15. The minimum atomic E-state index is -3.67. The fourth-order valence-corrected chi connectivity index (χ4v) is 29.3. The van der Waals surface area contributed by atoms with Crippen molar-refractivity contribution in [3.8, 4) is 0 Å². The van der Waals surface area contributed by atoms with E-state index in [4.69, 9.17) is 0 Å². The maximum atomic E-state index is 11.1. The van der Waals surface area contributed by atoms with E-state index in [1.807, 2.05) is 0 Å². The van der Waals surface area contributed by atoms with Crippen LogP contribution < -0.4 is 144 Å². The average Bonchev–Trinajstić information content (AvgIpc) is 2.50. The van der Waals surface area contributed by atoms with E-state index in [0.29, 0.717) is 26.5 Å². The molecule has 0 spiro atoms. The standard InChI is InChI=1S/3C4H6O4S.6Li.9H2O.Sb/c3*5-3(6)1-2(9)4(7)8;;;;;;;;;;;;;;;;/h3*2,9H,1H2,(H,5,6)(H,7,8);;;;;;;9*1H2;/q;;;6*+1;;;;;;;;;;+3/p-9/t3*2-;;;;;;;;;;;;;;;;/m100................/s1. The van der Waals surface area contributed by atoms with Gasteiger partial charge < -0.3 is 49.3 Å². The van der Waals surface area contributed by atoms with Crippen molar-refractivity contribution < 1.29 is 222 Å². The van der Waals surface area contributed by atoms with Crippen molar-refractivity contribution >= 4 is 78.4 Å². The van der Waals surface area contributed by atoms with E-state index < -0.39 is 86.8 Å². The molecule has 0 aliphatic rings. The maximum absolute atomic E-state index is 11.1. The Balaban J connectivity index is -0.0000000347. The van der Waals surface area contributed by atoms with Crippen molar-refractivity contribution in [2.24, 2.45) is 0 Å². The fourth-order valence-electron chi connectivity index (χ4n) is 1.33. The van der Waals surface area contributed by atoms with Crippen LogP contribution in [0.5, 0.6) is 0 Å². The summed E-state index contributed by atoms with van der Waals surface area (Å²) in [5, 5.41) is 60.0. The molecule has 0 aromatic rings. The monoisotopic (exact) mass is 766 g/mol.